The van der Waals surface area contributed by atoms with Crippen LogP contribution in [0.5, 0.6) is 0 Å². The van der Waals surface area contributed by atoms with Gasteiger partial charge in [0.2, 0.25) is 5.28 Å². The maximum Gasteiger partial charge on any atom is 0.226 e. The summed E-state index contributed by atoms with van der Waals surface area (Å²) in [4.78, 5) is 14.0. The monoisotopic (exact) mass is 609 g/mol. The molecular weight excluding hydrogens is 586 g/mol. The number of nitrogens with zero attached hydrogens (tertiary/aromatic N) is 3. The van der Waals surface area contributed by atoms with Gasteiger partial charge in [-0.2, -0.15) is 9.97 Å². The third-order valence-electron chi connectivity index (χ3n) is 8.66. The van der Waals surface area contributed by atoms with Crippen molar-refractivity contribution in [1.82, 2.24) is 15.0 Å². The van der Waals surface area contributed by atoms with Gasteiger partial charge in [0.05, 0.1) is 0 Å². The third kappa shape index (κ3) is 4.50. The minimum Gasteiger partial charge on any atom is -0.456 e. The summed E-state index contributed by atoms with van der Waals surface area (Å²) in [5.74, 6) is 1.04. The lowest BCUT2D eigenvalue weighted by molar-refractivity contribution is 0.669. The van der Waals surface area contributed by atoms with E-state index in [1.54, 1.807) is 0 Å². The van der Waals surface area contributed by atoms with Crippen molar-refractivity contribution >= 4 is 55.1 Å². The molecule has 0 fully saturated rings. The summed E-state index contributed by atoms with van der Waals surface area (Å²) in [6, 6.07) is 50.3. The van der Waals surface area contributed by atoms with E-state index < -0.39 is 0 Å². The standard InChI is InChI=1S/C41H24ClN3O/c42-41-44-39(33-13-6-11-26-10-4-5-12-32(26)33)43-40(45-41)35-14-7-15-36-38(35)34-21-20-31(24-37(34)46-36)30-19-18-28-22-27(16-17-29(28)23-30)25-8-2-1-3-9-25/h1-24H. The minimum atomic E-state index is 0.146. The van der Waals surface area contributed by atoms with Crippen molar-refractivity contribution in [3.63, 3.8) is 0 Å². The molecule has 9 aromatic rings. The molecule has 0 amide bonds. The number of benzene rings is 7. The normalized spacial score (nSPS) is 11.6. The van der Waals surface area contributed by atoms with Crippen LogP contribution in [0.15, 0.2) is 150 Å². The van der Waals surface area contributed by atoms with E-state index in [-0.39, 0.29) is 5.28 Å². The molecule has 46 heavy (non-hydrogen) atoms. The summed E-state index contributed by atoms with van der Waals surface area (Å²) < 4.78 is 6.43. The molecule has 0 bridgehead atoms. The summed E-state index contributed by atoms with van der Waals surface area (Å²) in [5, 5.41) is 6.65. The van der Waals surface area contributed by atoms with Gasteiger partial charge in [0.15, 0.2) is 11.6 Å². The van der Waals surface area contributed by atoms with Gasteiger partial charge < -0.3 is 4.42 Å². The Morgan fingerprint density at radius 3 is 1.87 bits per heavy atom. The maximum absolute atomic E-state index is 6.53. The Hall–Kier alpha value is -5.84. The van der Waals surface area contributed by atoms with Crippen molar-refractivity contribution in [2.24, 2.45) is 0 Å². The second-order valence-electron chi connectivity index (χ2n) is 11.4. The van der Waals surface area contributed by atoms with Crippen molar-refractivity contribution in [2.75, 3.05) is 0 Å². The summed E-state index contributed by atoms with van der Waals surface area (Å²) in [6.07, 6.45) is 0. The second-order valence-corrected chi connectivity index (χ2v) is 11.8. The van der Waals surface area contributed by atoms with Crippen LogP contribution in [0.1, 0.15) is 0 Å². The van der Waals surface area contributed by atoms with Gasteiger partial charge in [-0.25, -0.2) is 4.98 Å². The zero-order chi connectivity index (χ0) is 30.6. The summed E-state index contributed by atoms with van der Waals surface area (Å²) in [5.41, 5.74) is 7.96. The van der Waals surface area contributed by atoms with Crippen LogP contribution >= 0.6 is 11.6 Å². The minimum absolute atomic E-state index is 0.146. The molecule has 216 valence electrons. The lowest BCUT2D eigenvalue weighted by Gasteiger charge is -2.09. The van der Waals surface area contributed by atoms with E-state index in [0.717, 1.165) is 55.0 Å². The predicted octanol–water partition coefficient (Wildman–Crippen LogP) is 11.4. The van der Waals surface area contributed by atoms with Gasteiger partial charge >= 0.3 is 0 Å². The average molecular weight is 610 g/mol. The van der Waals surface area contributed by atoms with Crippen LogP contribution < -0.4 is 0 Å². The Labute approximate surface area is 269 Å². The number of halogens is 1. The lowest BCUT2D eigenvalue weighted by atomic mass is 9.97. The summed E-state index contributed by atoms with van der Waals surface area (Å²) in [7, 11) is 0. The lowest BCUT2D eigenvalue weighted by Crippen LogP contribution is -1.98. The van der Waals surface area contributed by atoms with E-state index in [4.69, 9.17) is 21.0 Å². The van der Waals surface area contributed by atoms with Crippen LogP contribution in [0.25, 0.3) is 88.5 Å². The van der Waals surface area contributed by atoms with E-state index in [0.29, 0.717) is 11.6 Å². The molecule has 0 saturated heterocycles. The molecule has 0 aliphatic rings. The van der Waals surface area contributed by atoms with Crippen molar-refractivity contribution in [1.29, 1.82) is 0 Å². The van der Waals surface area contributed by atoms with Gasteiger partial charge in [0.1, 0.15) is 11.2 Å². The highest BCUT2D eigenvalue weighted by atomic mass is 35.5. The number of hydrogen-bond donors (Lipinski definition) is 0. The molecule has 0 spiro atoms. The molecule has 7 aromatic carbocycles. The van der Waals surface area contributed by atoms with Crippen LogP contribution in [0.2, 0.25) is 5.28 Å². The molecule has 5 heteroatoms. The Kier molecular flexibility index (Phi) is 6.15. The first-order chi connectivity index (χ1) is 22.7. The maximum atomic E-state index is 6.53. The van der Waals surface area contributed by atoms with Gasteiger partial charge in [-0.1, -0.05) is 115 Å². The average Bonchev–Trinajstić information content (AvgIpc) is 3.49. The largest absolute Gasteiger partial charge is 0.456 e. The van der Waals surface area contributed by atoms with Crippen molar-refractivity contribution < 1.29 is 4.42 Å². The van der Waals surface area contributed by atoms with E-state index in [2.05, 4.69) is 107 Å². The topological polar surface area (TPSA) is 51.8 Å². The summed E-state index contributed by atoms with van der Waals surface area (Å²) in [6.45, 7) is 0. The smallest absolute Gasteiger partial charge is 0.226 e. The molecule has 0 saturated carbocycles. The Bertz CT molecular complexity index is 2600. The number of furan rings is 1. The molecule has 0 radical (unpaired) electrons. The third-order valence-corrected chi connectivity index (χ3v) is 8.83. The number of fused-ring (bicyclic) bond motifs is 5. The van der Waals surface area contributed by atoms with Crippen LogP contribution in [0.4, 0.5) is 0 Å². The number of rotatable bonds is 4. The van der Waals surface area contributed by atoms with E-state index >= 15 is 0 Å². The quantitative estimate of drug-likeness (QED) is 0.199. The molecule has 2 aromatic heterocycles. The fraction of sp³-hybridized carbons (Fsp3) is 0. The number of aromatic nitrogens is 3. The van der Waals surface area contributed by atoms with Gasteiger partial charge in [-0.05, 0) is 85.7 Å². The molecular formula is C41H24ClN3O. The van der Waals surface area contributed by atoms with Crippen molar-refractivity contribution in [2.45, 2.75) is 0 Å². The predicted molar refractivity (Wildman–Crippen MR) is 189 cm³/mol. The van der Waals surface area contributed by atoms with E-state index in [9.17, 15) is 0 Å². The Balaban J connectivity index is 1.13. The molecule has 2 heterocycles. The Morgan fingerprint density at radius 2 is 1.04 bits per heavy atom. The van der Waals surface area contributed by atoms with Gasteiger partial charge in [0.25, 0.3) is 0 Å². The van der Waals surface area contributed by atoms with Crippen molar-refractivity contribution in [3.8, 4) is 45.0 Å². The molecule has 9 rings (SSSR count). The molecule has 0 N–H and O–H groups in total. The summed E-state index contributed by atoms with van der Waals surface area (Å²) >= 11 is 6.53. The van der Waals surface area contributed by atoms with Crippen LogP contribution in [-0.4, -0.2) is 15.0 Å². The second kappa shape index (κ2) is 10.7. The fourth-order valence-electron chi connectivity index (χ4n) is 6.44. The molecule has 4 nitrogen and oxygen atoms in total. The highest BCUT2D eigenvalue weighted by Gasteiger charge is 2.18. The number of hydrogen-bond acceptors (Lipinski definition) is 4. The van der Waals surface area contributed by atoms with Gasteiger partial charge in [-0.15, -0.1) is 0 Å². The zero-order valence-electron chi connectivity index (χ0n) is 24.5. The first-order valence-corrected chi connectivity index (χ1v) is 15.5. The Morgan fingerprint density at radius 1 is 0.413 bits per heavy atom. The van der Waals surface area contributed by atoms with Gasteiger partial charge in [-0.3, -0.25) is 0 Å². The molecule has 0 aliphatic heterocycles. The SMILES string of the molecule is Clc1nc(-c2cccc3ccccc23)nc(-c2cccc3oc4cc(-c5ccc6cc(-c7ccccc7)ccc6c5)ccc4c23)n1. The molecule has 0 atom stereocenters. The van der Waals surface area contributed by atoms with E-state index in [1.165, 1.54) is 21.9 Å². The van der Waals surface area contributed by atoms with E-state index in [1.807, 2.05) is 48.5 Å². The van der Waals surface area contributed by atoms with Crippen LogP contribution in [-0.2, 0) is 0 Å². The fourth-order valence-corrected chi connectivity index (χ4v) is 6.60. The van der Waals surface area contributed by atoms with Gasteiger partial charge in [0, 0.05) is 21.9 Å². The van der Waals surface area contributed by atoms with Crippen LogP contribution in [0, 0.1) is 0 Å². The zero-order valence-corrected chi connectivity index (χ0v) is 25.2. The first kappa shape index (κ1) is 26.6. The first-order valence-electron chi connectivity index (χ1n) is 15.1. The molecule has 0 aliphatic carbocycles. The van der Waals surface area contributed by atoms with Crippen molar-refractivity contribution in [3.05, 3.63) is 151 Å². The molecule has 0 unspecified atom stereocenters. The highest BCUT2D eigenvalue weighted by Crippen LogP contribution is 2.39. The highest BCUT2D eigenvalue weighted by molar-refractivity contribution is 6.28. The van der Waals surface area contributed by atoms with Crippen LogP contribution in [0.3, 0.4) is 0 Å².